The Morgan fingerprint density at radius 2 is 2.22 bits per heavy atom. The van der Waals surface area contributed by atoms with Gasteiger partial charge in [0.1, 0.15) is 17.6 Å². The van der Waals surface area contributed by atoms with Crippen LogP contribution in [0.1, 0.15) is 37.4 Å². The molecule has 1 unspecified atom stereocenters. The van der Waals surface area contributed by atoms with E-state index in [4.69, 9.17) is 0 Å². The second-order valence-electron chi connectivity index (χ2n) is 5.71. The van der Waals surface area contributed by atoms with Crippen LogP contribution in [0.15, 0.2) is 24.4 Å². The minimum atomic E-state index is -0.850. The predicted octanol–water partition coefficient (Wildman–Crippen LogP) is 2.69. The van der Waals surface area contributed by atoms with Crippen molar-refractivity contribution < 1.29 is 9.90 Å². The van der Waals surface area contributed by atoms with Gasteiger partial charge in [-0.2, -0.15) is 0 Å². The summed E-state index contributed by atoms with van der Waals surface area (Å²) in [7, 11) is 0. The molecular weight excluding hydrogens is 292 g/mol. The third kappa shape index (κ3) is 3.31. The van der Waals surface area contributed by atoms with Gasteiger partial charge >= 0.3 is 5.97 Å². The van der Waals surface area contributed by atoms with E-state index < -0.39 is 12.0 Å². The van der Waals surface area contributed by atoms with Gasteiger partial charge in [0.25, 0.3) is 0 Å². The molecule has 0 radical (unpaired) electrons. The second kappa shape index (κ2) is 6.73. The highest BCUT2D eigenvalue weighted by Crippen LogP contribution is 2.29. The Morgan fingerprint density at radius 3 is 2.91 bits per heavy atom. The fourth-order valence-electron chi connectivity index (χ4n) is 2.87. The lowest BCUT2D eigenvalue weighted by atomic mass is 10.1. The Hall–Kier alpha value is -2.50. The van der Waals surface area contributed by atoms with Crippen LogP contribution < -0.4 is 5.32 Å². The third-order valence-electron chi connectivity index (χ3n) is 4.01. The monoisotopic (exact) mass is 312 g/mol. The van der Waals surface area contributed by atoms with Gasteiger partial charge in [-0.05, 0) is 37.8 Å². The van der Waals surface area contributed by atoms with E-state index in [9.17, 15) is 9.90 Å². The molecule has 2 aromatic heterocycles. The number of aryl methyl sites for hydroxylation is 1. The van der Waals surface area contributed by atoms with E-state index in [1.54, 1.807) is 6.20 Å². The zero-order chi connectivity index (χ0) is 16.2. The molecule has 0 aliphatic heterocycles. The molecule has 0 fully saturated rings. The van der Waals surface area contributed by atoms with Crippen LogP contribution in [0, 0.1) is 0 Å². The number of carboxylic acid groups (broad SMARTS) is 1. The maximum absolute atomic E-state index is 11.4. The molecule has 0 aromatic carbocycles. The number of hydrogen-bond acceptors (Lipinski definition) is 5. The largest absolute Gasteiger partial charge is 0.480 e. The smallest absolute Gasteiger partial charge is 0.326 e. The number of carboxylic acids is 1. The summed E-state index contributed by atoms with van der Waals surface area (Å²) in [6.45, 7) is 1.97. The molecule has 6 heteroatoms. The molecular formula is C17H20N4O2. The molecule has 0 spiro atoms. The lowest BCUT2D eigenvalue weighted by Crippen LogP contribution is -2.30. The topological polar surface area (TPSA) is 88.0 Å². The number of hydrogen-bond donors (Lipinski definition) is 2. The first-order valence-electron chi connectivity index (χ1n) is 7.99. The molecule has 6 nitrogen and oxygen atoms in total. The van der Waals surface area contributed by atoms with Crippen LogP contribution in [0.25, 0.3) is 11.5 Å². The van der Waals surface area contributed by atoms with E-state index in [0.29, 0.717) is 23.8 Å². The van der Waals surface area contributed by atoms with E-state index in [-0.39, 0.29) is 0 Å². The quantitative estimate of drug-likeness (QED) is 0.852. The highest BCUT2D eigenvalue weighted by molar-refractivity contribution is 5.77. The number of fused-ring (bicyclic) bond motifs is 1. The van der Waals surface area contributed by atoms with Crippen molar-refractivity contribution in [1.82, 2.24) is 15.0 Å². The van der Waals surface area contributed by atoms with E-state index in [1.807, 2.05) is 25.1 Å². The molecule has 120 valence electrons. The molecule has 0 saturated carbocycles. The summed E-state index contributed by atoms with van der Waals surface area (Å²) in [5.74, 6) is 0.347. The van der Waals surface area contributed by atoms with Crippen LogP contribution >= 0.6 is 0 Å². The normalized spacial score (nSPS) is 14.3. The molecule has 2 N–H and O–H groups in total. The van der Waals surface area contributed by atoms with Crippen molar-refractivity contribution in [3.63, 3.8) is 0 Å². The van der Waals surface area contributed by atoms with Crippen LogP contribution in [0.3, 0.4) is 0 Å². The van der Waals surface area contributed by atoms with Gasteiger partial charge < -0.3 is 10.4 Å². The van der Waals surface area contributed by atoms with Crippen LogP contribution in [0.2, 0.25) is 0 Å². The maximum Gasteiger partial charge on any atom is 0.326 e. The number of nitrogens with zero attached hydrogens (tertiary/aromatic N) is 3. The number of anilines is 1. The second-order valence-corrected chi connectivity index (χ2v) is 5.71. The lowest BCUT2D eigenvalue weighted by Gasteiger charge is -2.17. The average Bonchev–Trinajstić information content (AvgIpc) is 3.03. The van der Waals surface area contributed by atoms with Crippen LogP contribution in [-0.2, 0) is 17.6 Å². The van der Waals surface area contributed by atoms with Crippen LogP contribution in [0.5, 0.6) is 0 Å². The number of aromatic nitrogens is 3. The van der Waals surface area contributed by atoms with Gasteiger partial charge in [-0.25, -0.2) is 14.8 Å². The first-order chi connectivity index (χ1) is 11.2. The van der Waals surface area contributed by atoms with Crippen molar-refractivity contribution in [3.05, 3.63) is 35.7 Å². The molecule has 0 amide bonds. The van der Waals surface area contributed by atoms with E-state index >= 15 is 0 Å². The van der Waals surface area contributed by atoms with Crippen molar-refractivity contribution in [2.45, 2.75) is 45.1 Å². The van der Waals surface area contributed by atoms with Gasteiger partial charge in [0.2, 0.25) is 0 Å². The molecule has 1 atom stereocenters. The number of carbonyl (C=O) groups is 1. The molecule has 2 aromatic rings. The summed E-state index contributed by atoms with van der Waals surface area (Å²) in [4.78, 5) is 24.9. The lowest BCUT2D eigenvalue weighted by molar-refractivity contribution is -0.138. The van der Waals surface area contributed by atoms with E-state index in [2.05, 4.69) is 20.3 Å². The maximum atomic E-state index is 11.4. The van der Waals surface area contributed by atoms with Gasteiger partial charge in [-0.1, -0.05) is 19.4 Å². The number of nitrogens with one attached hydrogen (secondary N) is 1. The summed E-state index contributed by atoms with van der Waals surface area (Å²) in [5, 5.41) is 12.5. The zero-order valence-electron chi connectivity index (χ0n) is 13.1. The van der Waals surface area contributed by atoms with Gasteiger partial charge in [-0.15, -0.1) is 0 Å². The molecule has 1 aliphatic rings. The summed E-state index contributed by atoms with van der Waals surface area (Å²) in [6, 6.07) is 4.97. The van der Waals surface area contributed by atoms with Crippen molar-refractivity contribution in [2.24, 2.45) is 0 Å². The molecule has 0 saturated heterocycles. The zero-order valence-corrected chi connectivity index (χ0v) is 13.1. The van der Waals surface area contributed by atoms with E-state index in [1.165, 1.54) is 0 Å². The highest BCUT2D eigenvalue weighted by Gasteiger charge is 2.24. The highest BCUT2D eigenvalue weighted by atomic mass is 16.4. The minimum Gasteiger partial charge on any atom is -0.480 e. The van der Waals surface area contributed by atoms with Gasteiger partial charge in [-0.3, -0.25) is 4.98 Å². The van der Waals surface area contributed by atoms with Crippen LogP contribution in [0.4, 0.5) is 5.82 Å². The summed E-state index contributed by atoms with van der Waals surface area (Å²) < 4.78 is 0. The standard InChI is InChI=1S/C17H20N4O2/c1-2-6-14(17(22)23)20-15-11-7-5-9-12(11)19-16(21-15)13-8-3-4-10-18-13/h3-4,8,10,14H,2,5-7,9H2,1H3,(H,22,23)(H,19,20,21). The number of aliphatic carboxylic acids is 1. The van der Waals surface area contributed by atoms with Crippen LogP contribution in [-0.4, -0.2) is 32.1 Å². The fourth-order valence-corrected chi connectivity index (χ4v) is 2.87. The number of rotatable bonds is 6. The van der Waals surface area contributed by atoms with Crippen molar-refractivity contribution in [3.8, 4) is 11.5 Å². The van der Waals surface area contributed by atoms with Gasteiger partial charge in [0.15, 0.2) is 5.82 Å². The molecule has 2 heterocycles. The molecule has 3 rings (SSSR count). The van der Waals surface area contributed by atoms with Crippen molar-refractivity contribution >= 4 is 11.8 Å². The predicted molar refractivity (Wildman–Crippen MR) is 87.2 cm³/mol. The first-order valence-corrected chi connectivity index (χ1v) is 7.99. The average molecular weight is 312 g/mol. The third-order valence-corrected chi connectivity index (χ3v) is 4.01. The summed E-state index contributed by atoms with van der Waals surface area (Å²) in [6.07, 6.45) is 5.87. The molecule has 1 aliphatic carbocycles. The van der Waals surface area contributed by atoms with Crippen molar-refractivity contribution in [2.75, 3.05) is 5.32 Å². The number of pyridine rings is 1. The molecule has 0 bridgehead atoms. The SMILES string of the molecule is CCCC(Nc1nc(-c2ccccn2)nc2c1CCC2)C(=O)O. The fraction of sp³-hybridized carbons (Fsp3) is 0.412. The Morgan fingerprint density at radius 1 is 1.35 bits per heavy atom. The minimum absolute atomic E-state index is 0.550. The van der Waals surface area contributed by atoms with Gasteiger partial charge in [0.05, 0.1) is 0 Å². The Labute approximate surface area is 135 Å². The Bertz CT molecular complexity index is 703. The Balaban J connectivity index is 1.99. The molecule has 23 heavy (non-hydrogen) atoms. The Kier molecular flexibility index (Phi) is 4.50. The van der Waals surface area contributed by atoms with Crippen molar-refractivity contribution in [1.29, 1.82) is 0 Å². The summed E-state index contributed by atoms with van der Waals surface area (Å²) >= 11 is 0. The first kappa shape index (κ1) is 15.4. The summed E-state index contributed by atoms with van der Waals surface area (Å²) in [5.41, 5.74) is 2.75. The van der Waals surface area contributed by atoms with Gasteiger partial charge in [0, 0.05) is 17.5 Å². The van der Waals surface area contributed by atoms with E-state index in [0.717, 1.165) is 36.9 Å².